The minimum Gasteiger partial charge on any atom is -0.480 e. The Labute approximate surface area is 248 Å². The SMILES string of the molecule is O=C(N[C@@H](COCc1ccccc1)C(=O)O)c1cc(N2CCN(c3nccc(C(F)(F)F)n3)CC2)nc(-c2cccs2)n1. The number of nitrogens with one attached hydrogen (secondary N) is 1. The highest BCUT2D eigenvalue weighted by Crippen LogP contribution is 2.29. The Kier molecular flexibility index (Phi) is 9.11. The van der Waals surface area contributed by atoms with Gasteiger partial charge >= 0.3 is 12.1 Å². The van der Waals surface area contributed by atoms with Crippen molar-refractivity contribution in [3.63, 3.8) is 0 Å². The smallest absolute Gasteiger partial charge is 0.433 e. The molecule has 11 nitrogen and oxygen atoms in total. The summed E-state index contributed by atoms with van der Waals surface area (Å²) in [5.41, 5.74) is -0.192. The van der Waals surface area contributed by atoms with E-state index in [1.165, 1.54) is 17.4 Å². The number of piperazine rings is 1. The number of nitrogens with zero attached hydrogens (tertiary/aromatic N) is 6. The maximum Gasteiger partial charge on any atom is 0.433 e. The fourth-order valence-electron chi connectivity index (χ4n) is 4.30. The van der Waals surface area contributed by atoms with Gasteiger partial charge in [0.1, 0.15) is 17.2 Å². The summed E-state index contributed by atoms with van der Waals surface area (Å²) >= 11 is 1.37. The lowest BCUT2D eigenvalue weighted by Gasteiger charge is -2.35. The maximum absolute atomic E-state index is 13.2. The van der Waals surface area contributed by atoms with Crippen molar-refractivity contribution in [1.29, 1.82) is 0 Å². The van der Waals surface area contributed by atoms with E-state index in [0.29, 0.717) is 36.9 Å². The summed E-state index contributed by atoms with van der Waals surface area (Å²) in [6.07, 6.45) is -3.50. The summed E-state index contributed by atoms with van der Waals surface area (Å²) in [6, 6.07) is 13.8. The largest absolute Gasteiger partial charge is 0.480 e. The summed E-state index contributed by atoms with van der Waals surface area (Å²) < 4.78 is 44.9. The van der Waals surface area contributed by atoms with Gasteiger partial charge in [-0.25, -0.2) is 24.7 Å². The topological polar surface area (TPSA) is 134 Å². The third-order valence-corrected chi connectivity index (χ3v) is 7.37. The fraction of sp³-hybridized carbons (Fsp3) is 0.286. The Morgan fingerprint density at radius 2 is 1.74 bits per heavy atom. The molecule has 5 rings (SSSR count). The molecule has 1 aliphatic rings. The normalized spacial score (nSPS) is 14.4. The van der Waals surface area contributed by atoms with Crippen LogP contribution in [0.25, 0.3) is 10.7 Å². The predicted octanol–water partition coefficient (Wildman–Crippen LogP) is 3.74. The molecule has 224 valence electrons. The second-order valence-corrected chi connectivity index (χ2v) is 10.4. The highest BCUT2D eigenvalue weighted by molar-refractivity contribution is 7.13. The van der Waals surface area contributed by atoms with Gasteiger partial charge in [-0.1, -0.05) is 36.4 Å². The van der Waals surface area contributed by atoms with E-state index < -0.39 is 29.8 Å². The van der Waals surface area contributed by atoms with Crippen LogP contribution in [0, 0.1) is 0 Å². The van der Waals surface area contributed by atoms with Crippen molar-refractivity contribution < 1.29 is 32.6 Å². The molecule has 1 atom stereocenters. The third-order valence-electron chi connectivity index (χ3n) is 6.51. The van der Waals surface area contributed by atoms with Crippen LogP contribution in [-0.2, 0) is 22.3 Å². The Hall–Kier alpha value is -4.63. The number of aromatic nitrogens is 4. The lowest BCUT2D eigenvalue weighted by Crippen LogP contribution is -2.48. The second kappa shape index (κ2) is 13.1. The van der Waals surface area contributed by atoms with E-state index in [0.717, 1.165) is 17.8 Å². The molecule has 0 radical (unpaired) electrons. The molecular weight excluding hydrogens is 587 g/mol. The van der Waals surface area contributed by atoms with Crippen LogP contribution >= 0.6 is 11.3 Å². The molecule has 1 aliphatic heterocycles. The van der Waals surface area contributed by atoms with E-state index in [1.807, 2.05) is 46.7 Å². The zero-order valence-corrected chi connectivity index (χ0v) is 23.4. The molecule has 43 heavy (non-hydrogen) atoms. The number of hydrogen-bond acceptors (Lipinski definition) is 10. The zero-order chi connectivity index (χ0) is 30.4. The summed E-state index contributed by atoms with van der Waals surface area (Å²) in [6.45, 7) is 1.24. The number of carboxylic acids is 1. The van der Waals surface area contributed by atoms with E-state index in [-0.39, 0.29) is 30.7 Å². The molecule has 2 N–H and O–H groups in total. The van der Waals surface area contributed by atoms with Crippen molar-refractivity contribution in [3.8, 4) is 10.7 Å². The van der Waals surface area contributed by atoms with E-state index in [4.69, 9.17) is 4.74 Å². The minimum atomic E-state index is -4.58. The first-order valence-corrected chi connectivity index (χ1v) is 14.0. The molecule has 1 amide bonds. The molecule has 0 saturated carbocycles. The van der Waals surface area contributed by atoms with Gasteiger partial charge in [0.05, 0.1) is 18.1 Å². The summed E-state index contributed by atoms with van der Waals surface area (Å²) in [5, 5.41) is 14.0. The highest BCUT2D eigenvalue weighted by Gasteiger charge is 2.34. The van der Waals surface area contributed by atoms with Crippen molar-refractivity contribution in [2.75, 3.05) is 42.6 Å². The van der Waals surface area contributed by atoms with Gasteiger partial charge in [0.25, 0.3) is 5.91 Å². The Morgan fingerprint density at radius 3 is 2.42 bits per heavy atom. The monoisotopic (exact) mass is 613 g/mol. The van der Waals surface area contributed by atoms with Gasteiger partial charge < -0.3 is 25.0 Å². The van der Waals surface area contributed by atoms with Crippen molar-refractivity contribution in [2.45, 2.75) is 18.8 Å². The van der Waals surface area contributed by atoms with Crippen molar-refractivity contribution >= 4 is 35.0 Å². The van der Waals surface area contributed by atoms with Crippen LogP contribution in [0.4, 0.5) is 24.9 Å². The molecule has 0 bridgehead atoms. The molecule has 0 unspecified atom stereocenters. The number of alkyl halides is 3. The van der Waals surface area contributed by atoms with Crippen LogP contribution in [-0.4, -0.2) is 75.7 Å². The standard InChI is InChI=1S/C28H26F3N7O4S/c29-28(30,31)22-8-9-32-27(35-22)38-12-10-37(11-13-38)23-15-19(33-24(36-23)21-7-4-14-43-21)25(39)34-20(26(40)41)17-42-16-18-5-2-1-3-6-18/h1-9,14-15,20H,10-13,16-17H2,(H,34,39)(H,40,41)/t20-/m0/s1. The average Bonchev–Trinajstić information content (AvgIpc) is 3.56. The van der Waals surface area contributed by atoms with Crippen LogP contribution in [0.5, 0.6) is 0 Å². The molecule has 15 heteroatoms. The van der Waals surface area contributed by atoms with Crippen LogP contribution < -0.4 is 15.1 Å². The number of benzene rings is 1. The van der Waals surface area contributed by atoms with Crippen LogP contribution in [0.2, 0.25) is 0 Å². The van der Waals surface area contributed by atoms with Gasteiger partial charge in [0.2, 0.25) is 5.95 Å². The number of carboxylic acid groups (broad SMARTS) is 1. The van der Waals surface area contributed by atoms with Crippen LogP contribution in [0.3, 0.4) is 0 Å². The molecule has 4 aromatic rings. The molecule has 4 heterocycles. The first-order chi connectivity index (χ1) is 20.7. The van der Waals surface area contributed by atoms with Crippen molar-refractivity contribution in [2.24, 2.45) is 0 Å². The Bertz CT molecular complexity index is 1550. The number of ether oxygens (including phenoxy) is 1. The second-order valence-electron chi connectivity index (χ2n) is 9.49. The van der Waals surface area contributed by atoms with Gasteiger partial charge in [0.15, 0.2) is 11.9 Å². The number of amides is 1. The fourth-order valence-corrected chi connectivity index (χ4v) is 4.96. The molecule has 0 spiro atoms. The quantitative estimate of drug-likeness (QED) is 0.273. The van der Waals surface area contributed by atoms with E-state index in [9.17, 15) is 27.9 Å². The molecular formula is C28H26F3N7O4S. The van der Waals surface area contributed by atoms with Gasteiger partial charge in [-0.05, 0) is 23.1 Å². The van der Waals surface area contributed by atoms with Gasteiger partial charge in [-0.2, -0.15) is 13.2 Å². The number of halogens is 3. The van der Waals surface area contributed by atoms with E-state index in [2.05, 4.69) is 25.3 Å². The first-order valence-electron chi connectivity index (χ1n) is 13.2. The molecule has 1 aromatic carbocycles. The average molecular weight is 614 g/mol. The third kappa shape index (κ3) is 7.61. The number of hydrogen-bond donors (Lipinski definition) is 2. The number of thiophene rings is 1. The first kappa shape index (κ1) is 29.8. The highest BCUT2D eigenvalue weighted by atomic mass is 32.1. The van der Waals surface area contributed by atoms with Gasteiger partial charge in [-0.3, -0.25) is 4.79 Å². The van der Waals surface area contributed by atoms with Crippen molar-refractivity contribution in [1.82, 2.24) is 25.3 Å². The maximum atomic E-state index is 13.2. The minimum absolute atomic E-state index is 0.0225. The van der Waals surface area contributed by atoms with Crippen molar-refractivity contribution in [3.05, 3.63) is 83.1 Å². The lowest BCUT2D eigenvalue weighted by atomic mass is 10.2. The van der Waals surface area contributed by atoms with Gasteiger partial charge in [0, 0.05) is 38.4 Å². The Morgan fingerprint density at radius 1 is 1.00 bits per heavy atom. The molecule has 0 aliphatic carbocycles. The summed E-state index contributed by atoms with van der Waals surface area (Å²) in [5.74, 6) is -1.30. The number of rotatable bonds is 10. The Balaban J connectivity index is 1.30. The number of aliphatic carboxylic acids is 1. The number of carbonyl (C=O) groups excluding carboxylic acids is 1. The lowest BCUT2D eigenvalue weighted by molar-refractivity contribution is -0.142. The zero-order valence-electron chi connectivity index (χ0n) is 22.6. The van der Waals surface area contributed by atoms with E-state index >= 15 is 0 Å². The molecule has 3 aromatic heterocycles. The summed E-state index contributed by atoms with van der Waals surface area (Å²) in [7, 11) is 0. The van der Waals surface area contributed by atoms with Crippen LogP contribution in [0.15, 0.2) is 66.2 Å². The number of anilines is 2. The summed E-state index contributed by atoms with van der Waals surface area (Å²) in [4.78, 5) is 46.0. The molecule has 1 fully saturated rings. The van der Waals surface area contributed by atoms with Crippen LogP contribution in [0.1, 0.15) is 21.7 Å². The van der Waals surface area contributed by atoms with E-state index in [1.54, 1.807) is 11.0 Å². The van der Waals surface area contributed by atoms with Gasteiger partial charge in [-0.15, -0.1) is 11.3 Å². The molecule has 1 saturated heterocycles. The number of carbonyl (C=O) groups is 2. The predicted molar refractivity (Wildman–Crippen MR) is 152 cm³/mol.